The van der Waals surface area contributed by atoms with Crippen molar-refractivity contribution >= 4 is 34.6 Å². The van der Waals surface area contributed by atoms with E-state index in [4.69, 9.17) is 14.2 Å². The molecule has 1 N–H and O–H groups in total. The van der Waals surface area contributed by atoms with Crippen LogP contribution in [-0.4, -0.2) is 61.6 Å². The number of anilines is 1. The predicted octanol–water partition coefficient (Wildman–Crippen LogP) is 3.88. The van der Waals surface area contributed by atoms with E-state index in [1.165, 1.54) is 37.3 Å². The lowest BCUT2D eigenvalue weighted by Gasteiger charge is -2.40. The molecule has 0 bridgehead atoms. The number of hydrogen-bond acceptors (Lipinski definition) is 7. The van der Waals surface area contributed by atoms with Crippen LogP contribution in [-0.2, 0) is 9.47 Å². The molecule has 2 amide bonds. The summed E-state index contributed by atoms with van der Waals surface area (Å²) in [5.41, 5.74) is 1.50. The largest absolute Gasteiger partial charge is 0.504 e. The van der Waals surface area contributed by atoms with Crippen LogP contribution in [0.5, 0.6) is 11.5 Å². The Hall–Kier alpha value is -3.30. The summed E-state index contributed by atoms with van der Waals surface area (Å²) in [4.78, 5) is 30.8. The number of hydrogen-bond donors (Lipinski definition) is 1. The number of amides is 2. The minimum absolute atomic E-state index is 0.00802. The first-order valence-electron chi connectivity index (χ1n) is 10.0. The SMILES string of the molecule is C=CCOC(=O)N1c2cc(O)c(OC)cc2C(=O)N2CC=C(c3cccs3)C[C@H]2C1OC. The maximum Gasteiger partial charge on any atom is 0.416 e. The number of phenols is 1. The molecule has 9 heteroatoms. The fraction of sp³-hybridized carbons (Fsp3) is 0.304. The second-order valence-corrected chi connectivity index (χ2v) is 8.29. The summed E-state index contributed by atoms with van der Waals surface area (Å²) in [6.07, 6.45) is 2.43. The fourth-order valence-electron chi connectivity index (χ4n) is 4.13. The first-order chi connectivity index (χ1) is 15.5. The van der Waals surface area contributed by atoms with Gasteiger partial charge in [0.1, 0.15) is 6.61 Å². The normalized spacial score (nSPS) is 20.1. The lowest BCUT2D eigenvalue weighted by Crippen LogP contribution is -2.55. The lowest BCUT2D eigenvalue weighted by atomic mass is 9.97. The quantitative estimate of drug-likeness (QED) is 0.687. The molecule has 0 spiro atoms. The van der Waals surface area contributed by atoms with Gasteiger partial charge in [-0.2, -0.15) is 0 Å². The minimum Gasteiger partial charge on any atom is -0.504 e. The molecule has 0 radical (unpaired) electrons. The van der Waals surface area contributed by atoms with Crippen LogP contribution in [0.15, 0.2) is 48.4 Å². The molecule has 8 nitrogen and oxygen atoms in total. The zero-order valence-corrected chi connectivity index (χ0v) is 18.6. The van der Waals surface area contributed by atoms with Crippen LogP contribution in [0, 0.1) is 0 Å². The zero-order valence-electron chi connectivity index (χ0n) is 17.8. The molecule has 2 aliphatic heterocycles. The Morgan fingerprint density at radius 1 is 1.38 bits per heavy atom. The van der Waals surface area contributed by atoms with Crippen LogP contribution in [0.1, 0.15) is 21.7 Å². The Balaban J connectivity index is 1.85. The van der Waals surface area contributed by atoms with E-state index in [0.717, 1.165) is 10.5 Å². The third kappa shape index (κ3) is 3.74. The molecule has 2 aromatic rings. The zero-order chi connectivity index (χ0) is 22.8. The Morgan fingerprint density at radius 2 is 2.19 bits per heavy atom. The molecule has 32 heavy (non-hydrogen) atoms. The number of carbonyl (C=O) groups excluding carboxylic acids is 2. The number of fused-ring (bicyclic) bond motifs is 2. The van der Waals surface area contributed by atoms with E-state index in [-0.39, 0.29) is 35.3 Å². The van der Waals surface area contributed by atoms with Gasteiger partial charge in [0, 0.05) is 24.6 Å². The van der Waals surface area contributed by atoms with Crippen LogP contribution in [0.25, 0.3) is 5.57 Å². The summed E-state index contributed by atoms with van der Waals surface area (Å²) in [6.45, 7) is 3.93. The molecule has 2 atom stereocenters. The summed E-state index contributed by atoms with van der Waals surface area (Å²) in [6, 6.07) is 6.31. The third-order valence-electron chi connectivity index (χ3n) is 5.60. The number of phenolic OH excluding ortho intramolecular Hbond substituents is 1. The molecule has 4 rings (SSSR count). The molecule has 1 aromatic carbocycles. The van der Waals surface area contributed by atoms with Crippen molar-refractivity contribution in [2.75, 3.05) is 32.3 Å². The van der Waals surface area contributed by atoms with Gasteiger partial charge in [-0.1, -0.05) is 24.8 Å². The molecular weight excluding hydrogens is 432 g/mol. The number of rotatable bonds is 5. The van der Waals surface area contributed by atoms with Gasteiger partial charge in [-0.3, -0.25) is 4.79 Å². The van der Waals surface area contributed by atoms with E-state index in [1.54, 1.807) is 16.2 Å². The van der Waals surface area contributed by atoms with Gasteiger partial charge in [0.25, 0.3) is 5.91 Å². The predicted molar refractivity (Wildman–Crippen MR) is 121 cm³/mol. The topological polar surface area (TPSA) is 88.5 Å². The first-order valence-corrected chi connectivity index (χ1v) is 10.9. The monoisotopic (exact) mass is 456 g/mol. The van der Waals surface area contributed by atoms with Gasteiger partial charge in [0.2, 0.25) is 0 Å². The molecular formula is C23H24N2O6S. The number of benzene rings is 1. The molecule has 0 fully saturated rings. The maximum absolute atomic E-state index is 13.6. The Morgan fingerprint density at radius 3 is 2.84 bits per heavy atom. The van der Waals surface area contributed by atoms with E-state index in [2.05, 4.69) is 6.58 Å². The average Bonchev–Trinajstić information content (AvgIpc) is 3.32. The standard InChI is InChI=1S/C23H24N2O6S/c1-4-9-31-23(28)25-16-13-18(26)19(29-2)12-15(16)21(27)24-8-7-14(20-6-5-10-32-20)11-17(24)22(25)30-3/h4-7,10,12-13,17,22,26H,1,8-9,11H2,2-3H3/t17-,22?/m0/s1. The van der Waals surface area contributed by atoms with Gasteiger partial charge >= 0.3 is 6.09 Å². The highest BCUT2D eigenvalue weighted by Gasteiger charge is 2.45. The minimum atomic E-state index is -0.839. The highest BCUT2D eigenvalue weighted by molar-refractivity contribution is 7.11. The molecule has 168 valence electrons. The van der Waals surface area contributed by atoms with E-state index in [0.29, 0.717) is 13.0 Å². The summed E-state index contributed by atoms with van der Waals surface area (Å²) >= 11 is 1.62. The summed E-state index contributed by atoms with van der Waals surface area (Å²) in [7, 11) is 2.88. The molecule has 3 heterocycles. The van der Waals surface area contributed by atoms with E-state index >= 15 is 0 Å². The maximum atomic E-state index is 13.6. The number of carbonyl (C=O) groups is 2. The number of methoxy groups -OCH3 is 2. The van der Waals surface area contributed by atoms with Gasteiger partial charge in [0.05, 0.1) is 24.4 Å². The lowest BCUT2D eigenvalue weighted by molar-refractivity contribution is 0.0175. The number of nitrogens with zero attached hydrogens (tertiary/aromatic N) is 2. The highest BCUT2D eigenvalue weighted by atomic mass is 32.1. The summed E-state index contributed by atoms with van der Waals surface area (Å²) in [5, 5.41) is 12.4. The van der Waals surface area contributed by atoms with Crippen LogP contribution >= 0.6 is 11.3 Å². The Labute approximate surface area is 189 Å². The van der Waals surface area contributed by atoms with E-state index in [1.807, 2.05) is 23.6 Å². The first kappa shape index (κ1) is 21.9. The van der Waals surface area contributed by atoms with E-state index in [9.17, 15) is 14.7 Å². The highest BCUT2D eigenvalue weighted by Crippen LogP contribution is 2.42. The smallest absolute Gasteiger partial charge is 0.416 e. The van der Waals surface area contributed by atoms with Crippen molar-refractivity contribution in [3.8, 4) is 11.5 Å². The van der Waals surface area contributed by atoms with Crippen molar-refractivity contribution in [3.63, 3.8) is 0 Å². The molecule has 0 aliphatic carbocycles. The Kier molecular flexibility index (Phi) is 6.20. The number of ether oxygens (including phenoxy) is 3. The molecule has 2 aliphatic rings. The van der Waals surface area contributed by atoms with Crippen LogP contribution in [0.4, 0.5) is 10.5 Å². The van der Waals surface area contributed by atoms with Crippen molar-refractivity contribution in [2.24, 2.45) is 0 Å². The average molecular weight is 457 g/mol. The second kappa shape index (κ2) is 9.05. The van der Waals surface area contributed by atoms with E-state index < -0.39 is 18.4 Å². The molecule has 1 aromatic heterocycles. The van der Waals surface area contributed by atoms with Gasteiger partial charge in [0.15, 0.2) is 17.7 Å². The molecule has 0 saturated carbocycles. The third-order valence-corrected chi connectivity index (χ3v) is 6.54. The van der Waals surface area contributed by atoms with Crippen molar-refractivity contribution in [3.05, 3.63) is 58.8 Å². The molecule has 0 saturated heterocycles. The van der Waals surface area contributed by atoms with Crippen molar-refractivity contribution < 1.29 is 28.9 Å². The Bertz CT molecular complexity index is 1060. The fourth-order valence-corrected chi connectivity index (χ4v) is 4.91. The second-order valence-electron chi connectivity index (χ2n) is 7.34. The number of thiophene rings is 1. The van der Waals surface area contributed by atoms with Crippen molar-refractivity contribution in [1.29, 1.82) is 0 Å². The summed E-state index contributed by atoms with van der Waals surface area (Å²) in [5.74, 6) is -0.353. The van der Waals surface area contributed by atoms with Gasteiger partial charge in [-0.25, -0.2) is 9.69 Å². The van der Waals surface area contributed by atoms with Gasteiger partial charge in [-0.05, 0) is 29.5 Å². The van der Waals surface area contributed by atoms with Crippen LogP contribution in [0.2, 0.25) is 0 Å². The van der Waals surface area contributed by atoms with Crippen molar-refractivity contribution in [1.82, 2.24) is 4.90 Å². The number of aromatic hydroxyl groups is 1. The van der Waals surface area contributed by atoms with Gasteiger partial charge < -0.3 is 24.2 Å². The summed E-state index contributed by atoms with van der Waals surface area (Å²) < 4.78 is 16.3. The van der Waals surface area contributed by atoms with Gasteiger partial charge in [-0.15, -0.1) is 11.3 Å². The molecule has 1 unspecified atom stereocenters. The van der Waals surface area contributed by atoms with Crippen LogP contribution in [0.3, 0.4) is 0 Å². The van der Waals surface area contributed by atoms with Crippen molar-refractivity contribution in [2.45, 2.75) is 18.7 Å². The van der Waals surface area contributed by atoms with Crippen LogP contribution < -0.4 is 9.64 Å².